The second-order valence-corrected chi connectivity index (χ2v) is 7.28. The van der Waals surface area contributed by atoms with Gasteiger partial charge in [-0.3, -0.25) is 9.59 Å². The SMILES string of the molecule is Cc1ccccc1C(=O)Nc1c(-c2ccccc2Cl)c(=O)c2ccccc2n1C. The number of carbonyl (C=O) groups excluding carboxylic acids is 1. The van der Waals surface area contributed by atoms with Crippen LogP contribution in [-0.4, -0.2) is 10.5 Å². The lowest BCUT2D eigenvalue weighted by Gasteiger charge is -2.19. The summed E-state index contributed by atoms with van der Waals surface area (Å²) in [5.74, 6) is 0.136. The number of aryl methyl sites for hydroxylation is 2. The van der Waals surface area contributed by atoms with Gasteiger partial charge >= 0.3 is 0 Å². The zero-order chi connectivity index (χ0) is 20.5. The summed E-state index contributed by atoms with van der Waals surface area (Å²) in [6.07, 6.45) is 0. The molecule has 0 aliphatic heterocycles. The lowest BCUT2D eigenvalue weighted by molar-refractivity contribution is 0.102. The number of nitrogens with one attached hydrogen (secondary N) is 1. The first kappa shape index (κ1) is 19.0. The van der Waals surface area contributed by atoms with E-state index in [1.54, 1.807) is 24.3 Å². The van der Waals surface area contributed by atoms with Crippen LogP contribution in [0.3, 0.4) is 0 Å². The van der Waals surface area contributed by atoms with Crippen molar-refractivity contribution in [1.29, 1.82) is 0 Å². The van der Waals surface area contributed by atoms with Crippen LogP contribution in [0.1, 0.15) is 15.9 Å². The highest BCUT2D eigenvalue weighted by atomic mass is 35.5. The van der Waals surface area contributed by atoms with Gasteiger partial charge in [0.15, 0.2) is 5.43 Å². The largest absolute Gasteiger partial charge is 0.330 e. The molecule has 144 valence electrons. The van der Waals surface area contributed by atoms with Crippen LogP contribution in [-0.2, 0) is 7.05 Å². The molecule has 1 heterocycles. The van der Waals surface area contributed by atoms with Crippen molar-refractivity contribution in [1.82, 2.24) is 4.57 Å². The van der Waals surface area contributed by atoms with E-state index in [0.717, 1.165) is 11.1 Å². The minimum atomic E-state index is -0.276. The molecule has 0 bridgehead atoms. The van der Waals surface area contributed by atoms with Gasteiger partial charge in [-0.05, 0) is 36.8 Å². The second kappa shape index (κ2) is 7.57. The van der Waals surface area contributed by atoms with Gasteiger partial charge in [0.25, 0.3) is 5.91 Å². The van der Waals surface area contributed by atoms with Crippen LogP contribution in [0.2, 0.25) is 5.02 Å². The predicted molar refractivity (Wildman–Crippen MR) is 119 cm³/mol. The number of hydrogen-bond acceptors (Lipinski definition) is 2. The zero-order valence-electron chi connectivity index (χ0n) is 16.1. The van der Waals surface area contributed by atoms with Crippen LogP contribution >= 0.6 is 11.6 Å². The summed E-state index contributed by atoms with van der Waals surface area (Å²) in [6, 6.07) is 21.8. The highest BCUT2D eigenvalue weighted by Gasteiger charge is 2.21. The first-order valence-electron chi connectivity index (χ1n) is 9.22. The van der Waals surface area contributed by atoms with Gasteiger partial charge in [-0.25, -0.2) is 0 Å². The maximum atomic E-state index is 13.4. The van der Waals surface area contributed by atoms with E-state index in [9.17, 15) is 9.59 Å². The molecule has 0 unspecified atom stereocenters. The number of para-hydroxylation sites is 1. The van der Waals surface area contributed by atoms with Crippen molar-refractivity contribution >= 4 is 34.2 Å². The quantitative estimate of drug-likeness (QED) is 0.497. The Morgan fingerprint density at radius 3 is 2.34 bits per heavy atom. The molecule has 0 fully saturated rings. The fourth-order valence-electron chi connectivity index (χ4n) is 3.55. The Morgan fingerprint density at radius 1 is 0.931 bits per heavy atom. The Hall–Kier alpha value is -3.37. The van der Waals surface area contributed by atoms with Crippen molar-refractivity contribution in [3.8, 4) is 11.1 Å². The van der Waals surface area contributed by atoms with Gasteiger partial charge in [0.2, 0.25) is 0 Å². The molecule has 4 aromatic rings. The number of fused-ring (bicyclic) bond motifs is 1. The Bertz CT molecular complexity index is 1310. The number of rotatable bonds is 3. The van der Waals surface area contributed by atoms with Crippen LogP contribution in [0, 0.1) is 6.92 Å². The van der Waals surface area contributed by atoms with Gasteiger partial charge in [0.05, 0.1) is 11.1 Å². The van der Waals surface area contributed by atoms with Gasteiger partial charge < -0.3 is 9.88 Å². The summed E-state index contributed by atoms with van der Waals surface area (Å²) >= 11 is 6.42. The number of anilines is 1. The van der Waals surface area contributed by atoms with Crippen molar-refractivity contribution in [2.75, 3.05) is 5.32 Å². The minimum Gasteiger partial charge on any atom is -0.330 e. The molecule has 1 aromatic heterocycles. The summed E-state index contributed by atoms with van der Waals surface area (Å²) in [5, 5.41) is 3.98. The lowest BCUT2D eigenvalue weighted by Crippen LogP contribution is -2.22. The van der Waals surface area contributed by atoms with Crippen molar-refractivity contribution in [3.05, 3.63) is 99.2 Å². The maximum absolute atomic E-state index is 13.4. The molecule has 0 saturated carbocycles. The summed E-state index contributed by atoms with van der Waals surface area (Å²) in [6.45, 7) is 1.88. The predicted octanol–water partition coefficient (Wildman–Crippen LogP) is 5.42. The summed E-state index contributed by atoms with van der Waals surface area (Å²) < 4.78 is 1.82. The van der Waals surface area contributed by atoms with Crippen LogP contribution in [0.25, 0.3) is 22.0 Å². The van der Waals surface area contributed by atoms with Crippen molar-refractivity contribution in [2.24, 2.45) is 7.05 Å². The van der Waals surface area contributed by atoms with Crippen LogP contribution in [0.4, 0.5) is 5.82 Å². The minimum absolute atomic E-state index is 0.174. The van der Waals surface area contributed by atoms with Gasteiger partial charge in [-0.15, -0.1) is 0 Å². The third kappa shape index (κ3) is 3.32. The molecule has 3 aromatic carbocycles. The third-order valence-corrected chi connectivity index (χ3v) is 5.40. The molecular formula is C24H19ClN2O2. The maximum Gasteiger partial charge on any atom is 0.257 e. The molecule has 1 N–H and O–H groups in total. The second-order valence-electron chi connectivity index (χ2n) is 6.88. The van der Waals surface area contributed by atoms with Crippen molar-refractivity contribution in [3.63, 3.8) is 0 Å². The highest BCUT2D eigenvalue weighted by molar-refractivity contribution is 6.33. The topological polar surface area (TPSA) is 51.1 Å². The molecule has 0 aliphatic rings. The van der Waals surface area contributed by atoms with Crippen molar-refractivity contribution in [2.45, 2.75) is 6.92 Å². The monoisotopic (exact) mass is 402 g/mol. The summed E-state index contributed by atoms with van der Waals surface area (Å²) in [7, 11) is 1.83. The molecule has 0 atom stereocenters. The molecule has 5 heteroatoms. The number of benzene rings is 3. The molecule has 0 spiro atoms. The summed E-state index contributed by atoms with van der Waals surface area (Å²) in [5.41, 5.74) is 2.92. The van der Waals surface area contributed by atoms with Gasteiger partial charge in [-0.2, -0.15) is 0 Å². The van der Waals surface area contributed by atoms with E-state index in [-0.39, 0.29) is 11.3 Å². The Morgan fingerprint density at radius 2 is 1.59 bits per heavy atom. The molecule has 0 radical (unpaired) electrons. The Balaban J connectivity index is 2.00. The van der Waals surface area contributed by atoms with E-state index in [0.29, 0.717) is 32.9 Å². The first-order chi connectivity index (χ1) is 14.0. The number of pyridine rings is 1. The zero-order valence-corrected chi connectivity index (χ0v) is 16.8. The van der Waals surface area contributed by atoms with E-state index < -0.39 is 0 Å². The van der Waals surface area contributed by atoms with E-state index in [2.05, 4.69) is 5.32 Å². The molecule has 29 heavy (non-hydrogen) atoms. The van der Waals surface area contributed by atoms with E-state index >= 15 is 0 Å². The average Bonchev–Trinajstić information content (AvgIpc) is 2.73. The summed E-state index contributed by atoms with van der Waals surface area (Å²) in [4.78, 5) is 26.5. The Kier molecular flexibility index (Phi) is 4.95. The van der Waals surface area contributed by atoms with Crippen molar-refractivity contribution < 1.29 is 4.79 Å². The molecule has 0 saturated heterocycles. The fraction of sp³-hybridized carbons (Fsp3) is 0.0833. The molecule has 0 aliphatic carbocycles. The van der Waals surface area contributed by atoms with Gasteiger partial charge in [0, 0.05) is 28.6 Å². The van der Waals surface area contributed by atoms with E-state index in [4.69, 9.17) is 11.6 Å². The number of aromatic nitrogens is 1. The number of halogens is 1. The number of amides is 1. The average molecular weight is 403 g/mol. The fourth-order valence-corrected chi connectivity index (χ4v) is 3.78. The molecule has 4 rings (SSSR count). The standard InChI is InChI=1S/C24H19ClN2O2/c1-15-9-3-4-10-16(15)24(29)26-23-21(17-11-5-7-13-19(17)25)22(28)18-12-6-8-14-20(18)27(23)2/h3-14H,1-2H3,(H,26,29). The highest BCUT2D eigenvalue weighted by Crippen LogP contribution is 2.33. The molecular weight excluding hydrogens is 384 g/mol. The lowest BCUT2D eigenvalue weighted by atomic mass is 10.0. The first-order valence-corrected chi connectivity index (χ1v) is 9.60. The van der Waals surface area contributed by atoms with Gasteiger partial charge in [-0.1, -0.05) is 60.1 Å². The van der Waals surface area contributed by atoms with Gasteiger partial charge in [0.1, 0.15) is 5.82 Å². The van der Waals surface area contributed by atoms with E-state index in [1.165, 1.54) is 0 Å². The number of carbonyl (C=O) groups is 1. The smallest absolute Gasteiger partial charge is 0.257 e. The normalized spacial score (nSPS) is 10.9. The van der Waals surface area contributed by atoms with E-state index in [1.807, 2.05) is 67.1 Å². The van der Waals surface area contributed by atoms with Crippen LogP contribution in [0.15, 0.2) is 77.6 Å². The van der Waals surface area contributed by atoms with Crippen LogP contribution in [0.5, 0.6) is 0 Å². The molecule has 4 nitrogen and oxygen atoms in total. The number of nitrogens with zero attached hydrogens (tertiary/aromatic N) is 1. The third-order valence-electron chi connectivity index (χ3n) is 5.07. The van der Waals surface area contributed by atoms with Crippen LogP contribution < -0.4 is 10.7 Å². The number of hydrogen-bond donors (Lipinski definition) is 1. The molecule has 1 amide bonds. The Labute approximate surface area is 173 Å².